The second-order valence-electron chi connectivity index (χ2n) is 9.94. The van der Waals surface area contributed by atoms with Gasteiger partial charge in [0.1, 0.15) is 8.07 Å². The summed E-state index contributed by atoms with van der Waals surface area (Å²) in [7, 11) is -1.70. The van der Waals surface area contributed by atoms with Gasteiger partial charge in [-0.15, -0.1) is 0 Å². The molecule has 0 radical (unpaired) electrons. The predicted octanol–water partition coefficient (Wildman–Crippen LogP) is 6.91. The minimum Gasteiger partial charge on any atom is -0.204 e. The van der Waals surface area contributed by atoms with Gasteiger partial charge < -0.3 is 0 Å². The van der Waals surface area contributed by atoms with Crippen LogP contribution in [0.4, 0.5) is 8.78 Å². The Kier molecular flexibility index (Phi) is 6.28. The highest BCUT2D eigenvalue weighted by molar-refractivity contribution is 7.02. The lowest BCUT2D eigenvalue weighted by Crippen LogP contribution is -2.60. The van der Waals surface area contributed by atoms with Crippen molar-refractivity contribution in [2.75, 3.05) is 0 Å². The van der Waals surface area contributed by atoms with Crippen molar-refractivity contribution in [2.24, 2.45) is 11.8 Å². The Hall–Kier alpha value is -2.26. The summed E-state index contributed by atoms with van der Waals surface area (Å²) in [6, 6.07) is 29.7. The largest absolute Gasteiger partial charge is 0.204 e. The Morgan fingerprint density at radius 2 is 1.09 bits per heavy atom. The Morgan fingerprint density at radius 3 is 1.62 bits per heavy atom. The molecule has 0 nitrogen and oxygen atoms in total. The first-order valence-electron chi connectivity index (χ1n) is 12.2. The standard InChI is InChI=1S/C29H32F2Si/c30-28-16-15-25(21-29(28)31)23-13-11-22(12-14-23)24-17-19-32(20-18-24,26-7-3-1-4-8-26)27-9-5-2-6-10-27/h1-10,15-16,21-24H,11-14,17-20H2. The summed E-state index contributed by atoms with van der Waals surface area (Å²) < 4.78 is 27.0. The van der Waals surface area contributed by atoms with E-state index in [2.05, 4.69) is 60.7 Å². The molecule has 1 saturated carbocycles. The lowest BCUT2D eigenvalue weighted by atomic mass is 9.72. The molecule has 0 N–H and O–H groups in total. The van der Waals surface area contributed by atoms with Crippen LogP contribution in [0.1, 0.15) is 50.0 Å². The molecule has 1 heterocycles. The highest BCUT2D eigenvalue weighted by Gasteiger charge is 2.42. The van der Waals surface area contributed by atoms with Gasteiger partial charge in [-0.3, -0.25) is 0 Å². The van der Waals surface area contributed by atoms with Crippen LogP contribution in [0.15, 0.2) is 78.9 Å². The van der Waals surface area contributed by atoms with E-state index in [4.69, 9.17) is 0 Å². The normalized spacial score (nSPS) is 23.7. The van der Waals surface area contributed by atoms with Gasteiger partial charge >= 0.3 is 0 Å². The zero-order valence-electron chi connectivity index (χ0n) is 18.7. The summed E-state index contributed by atoms with van der Waals surface area (Å²) in [5, 5.41) is 3.18. The molecule has 1 saturated heterocycles. The molecule has 1 aliphatic carbocycles. The predicted molar refractivity (Wildman–Crippen MR) is 131 cm³/mol. The molecule has 3 aromatic carbocycles. The summed E-state index contributed by atoms with van der Waals surface area (Å²) >= 11 is 0. The van der Waals surface area contributed by atoms with E-state index < -0.39 is 19.7 Å². The molecule has 0 spiro atoms. The number of hydrogen-bond donors (Lipinski definition) is 0. The fraction of sp³-hybridized carbons (Fsp3) is 0.379. The number of hydrogen-bond acceptors (Lipinski definition) is 0. The van der Waals surface area contributed by atoms with E-state index in [1.165, 1.54) is 49.9 Å². The Bertz CT molecular complexity index is 976. The molecular weight excluding hydrogens is 414 g/mol. The van der Waals surface area contributed by atoms with Crippen LogP contribution >= 0.6 is 0 Å². The van der Waals surface area contributed by atoms with Gasteiger partial charge in [0.05, 0.1) is 0 Å². The Labute approximate surface area is 191 Å². The first kappa shape index (κ1) is 21.6. The van der Waals surface area contributed by atoms with Crippen LogP contribution in [0.5, 0.6) is 0 Å². The van der Waals surface area contributed by atoms with Crippen LogP contribution in [0.25, 0.3) is 0 Å². The Morgan fingerprint density at radius 1 is 0.562 bits per heavy atom. The van der Waals surface area contributed by atoms with Crippen LogP contribution in [-0.2, 0) is 0 Å². The molecule has 3 aromatic rings. The van der Waals surface area contributed by atoms with Crippen molar-refractivity contribution in [2.45, 2.75) is 56.5 Å². The number of benzene rings is 3. The quantitative estimate of drug-likeness (QED) is 0.382. The maximum atomic E-state index is 13.7. The molecule has 5 rings (SSSR count). The van der Waals surface area contributed by atoms with Gasteiger partial charge in [-0.1, -0.05) is 89.9 Å². The van der Waals surface area contributed by atoms with E-state index in [1.54, 1.807) is 16.4 Å². The lowest BCUT2D eigenvalue weighted by molar-refractivity contribution is 0.216. The van der Waals surface area contributed by atoms with Crippen LogP contribution in [0.3, 0.4) is 0 Å². The highest BCUT2D eigenvalue weighted by Crippen LogP contribution is 2.45. The third-order valence-corrected chi connectivity index (χ3v) is 13.6. The molecule has 2 aliphatic rings. The van der Waals surface area contributed by atoms with E-state index in [-0.39, 0.29) is 0 Å². The molecule has 3 heteroatoms. The minimum absolute atomic E-state index is 0.382. The van der Waals surface area contributed by atoms with Crippen molar-refractivity contribution in [3.63, 3.8) is 0 Å². The number of rotatable bonds is 4. The molecule has 0 amide bonds. The zero-order valence-corrected chi connectivity index (χ0v) is 19.7. The average Bonchev–Trinajstić information content (AvgIpc) is 2.87. The van der Waals surface area contributed by atoms with Crippen molar-refractivity contribution in [1.82, 2.24) is 0 Å². The monoisotopic (exact) mass is 446 g/mol. The molecule has 0 atom stereocenters. The fourth-order valence-electron chi connectivity index (χ4n) is 6.55. The topological polar surface area (TPSA) is 0 Å². The van der Waals surface area contributed by atoms with Gasteiger partial charge in [0.2, 0.25) is 0 Å². The maximum Gasteiger partial charge on any atom is 0.159 e. The fourth-order valence-corrected chi connectivity index (χ4v) is 11.7. The van der Waals surface area contributed by atoms with Crippen LogP contribution < -0.4 is 10.4 Å². The Balaban J connectivity index is 1.26. The molecule has 32 heavy (non-hydrogen) atoms. The van der Waals surface area contributed by atoms with Crippen molar-refractivity contribution >= 4 is 18.4 Å². The summed E-state index contributed by atoms with van der Waals surface area (Å²) in [6.07, 6.45) is 7.31. The molecule has 1 aliphatic heterocycles. The molecule has 0 aromatic heterocycles. The van der Waals surface area contributed by atoms with E-state index in [9.17, 15) is 8.78 Å². The second kappa shape index (κ2) is 9.31. The van der Waals surface area contributed by atoms with Gasteiger partial charge in [-0.2, -0.15) is 0 Å². The van der Waals surface area contributed by atoms with Crippen molar-refractivity contribution in [3.05, 3.63) is 96.1 Å². The number of halogens is 2. The van der Waals surface area contributed by atoms with Crippen LogP contribution in [0.2, 0.25) is 12.1 Å². The molecular formula is C29H32F2Si. The van der Waals surface area contributed by atoms with Gasteiger partial charge in [0.15, 0.2) is 11.6 Å². The zero-order chi connectivity index (χ0) is 22.0. The van der Waals surface area contributed by atoms with Crippen molar-refractivity contribution in [3.8, 4) is 0 Å². The second-order valence-corrected chi connectivity index (χ2v) is 14.3. The first-order valence-corrected chi connectivity index (χ1v) is 14.6. The van der Waals surface area contributed by atoms with E-state index in [1.807, 2.05) is 0 Å². The lowest BCUT2D eigenvalue weighted by Gasteiger charge is -2.43. The smallest absolute Gasteiger partial charge is 0.159 e. The molecule has 0 bridgehead atoms. The van der Waals surface area contributed by atoms with Crippen molar-refractivity contribution < 1.29 is 8.78 Å². The first-order chi connectivity index (χ1) is 15.7. The third kappa shape index (κ3) is 4.20. The van der Waals surface area contributed by atoms with Crippen LogP contribution in [0, 0.1) is 23.5 Å². The summed E-state index contributed by atoms with van der Waals surface area (Å²) in [6.45, 7) is 0. The van der Waals surface area contributed by atoms with Crippen molar-refractivity contribution in [1.29, 1.82) is 0 Å². The van der Waals surface area contributed by atoms with Crippen LogP contribution in [-0.4, -0.2) is 8.07 Å². The van der Waals surface area contributed by atoms with Gasteiger partial charge in [0, 0.05) is 0 Å². The average molecular weight is 447 g/mol. The minimum atomic E-state index is -1.70. The van der Waals surface area contributed by atoms with Gasteiger partial charge in [-0.25, -0.2) is 8.78 Å². The van der Waals surface area contributed by atoms with E-state index in [0.717, 1.165) is 30.2 Å². The molecule has 2 fully saturated rings. The maximum absolute atomic E-state index is 13.7. The third-order valence-electron chi connectivity index (χ3n) is 8.39. The summed E-state index contributed by atoms with van der Waals surface area (Å²) in [4.78, 5) is 0. The highest BCUT2D eigenvalue weighted by atomic mass is 28.3. The van der Waals surface area contributed by atoms with Gasteiger partial charge in [0.25, 0.3) is 0 Å². The summed E-state index contributed by atoms with van der Waals surface area (Å²) in [5.74, 6) is 0.533. The van der Waals surface area contributed by atoms with E-state index in [0.29, 0.717) is 5.92 Å². The molecule has 0 unspecified atom stereocenters. The summed E-state index contributed by atoms with van der Waals surface area (Å²) in [5.41, 5.74) is 0.977. The van der Waals surface area contributed by atoms with Gasteiger partial charge in [-0.05, 0) is 73.2 Å². The molecule has 166 valence electrons. The SMILES string of the molecule is Fc1ccc(C2CCC(C3CC[Si](c4ccccc4)(c4ccccc4)CC3)CC2)cc1F. The van der Waals surface area contributed by atoms with E-state index >= 15 is 0 Å².